The average Bonchev–Trinajstić information content (AvgIpc) is 2.65. The Kier molecular flexibility index (Phi) is 6.92. The van der Waals surface area contributed by atoms with E-state index in [1.807, 2.05) is 12.1 Å². The van der Waals surface area contributed by atoms with Crippen LogP contribution >= 0.6 is 11.6 Å². The summed E-state index contributed by atoms with van der Waals surface area (Å²) in [5, 5.41) is 0.600. The van der Waals surface area contributed by atoms with Crippen molar-refractivity contribution in [3.63, 3.8) is 0 Å². The largest absolute Gasteiger partial charge is 0.496 e. The number of rotatable bonds is 7. The van der Waals surface area contributed by atoms with E-state index in [4.69, 9.17) is 25.8 Å². The second-order valence-electron chi connectivity index (χ2n) is 5.60. The van der Waals surface area contributed by atoms with Gasteiger partial charge in [0.15, 0.2) is 11.5 Å². The van der Waals surface area contributed by atoms with Gasteiger partial charge in [-0.05, 0) is 42.0 Å². The van der Waals surface area contributed by atoms with Crippen molar-refractivity contribution in [3.8, 4) is 17.2 Å². The third-order valence-electron chi connectivity index (χ3n) is 3.85. The topological polar surface area (TPSA) is 48.0 Å². The lowest BCUT2D eigenvalue weighted by molar-refractivity contribution is -0.125. The van der Waals surface area contributed by atoms with Crippen molar-refractivity contribution >= 4 is 23.6 Å². The molecule has 0 saturated heterocycles. The number of hydrogen-bond donors (Lipinski definition) is 0. The highest BCUT2D eigenvalue weighted by molar-refractivity contribution is 6.30. The molecule has 2 rings (SSSR count). The van der Waals surface area contributed by atoms with Gasteiger partial charge in [0.1, 0.15) is 5.75 Å². The molecular weight excluding hydrogens is 354 g/mol. The molecule has 0 radical (unpaired) electrons. The molecule has 5 nitrogen and oxygen atoms in total. The molecule has 0 unspecified atom stereocenters. The van der Waals surface area contributed by atoms with Crippen LogP contribution in [0.15, 0.2) is 42.5 Å². The Morgan fingerprint density at radius 1 is 1.00 bits per heavy atom. The maximum atomic E-state index is 12.4. The summed E-state index contributed by atoms with van der Waals surface area (Å²) < 4.78 is 15.8. The maximum Gasteiger partial charge on any atom is 0.246 e. The lowest BCUT2D eigenvalue weighted by Gasteiger charge is -2.17. The van der Waals surface area contributed by atoms with Gasteiger partial charge in [0, 0.05) is 30.3 Å². The molecule has 1 amide bonds. The molecule has 0 bridgehead atoms. The van der Waals surface area contributed by atoms with E-state index in [2.05, 4.69) is 0 Å². The maximum absolute atomic E-state index is 12.4. The van der Waals surface area contributed by atoms with Gasteiger partial charge in [-0.15, -0.1) is 0 Å². The first-order valence-corrected chi connectivity index (χ1v) is 8.34. The first-order chi connectivity index (χ1) is 12.5. The molecule has 2 aromatic carbocycles. The summed E-state index contributed by atoms with van der Waals surface area (Å²) in [5.74, 6) is 1.81. The fourth-order valence-corrected chi connectivity index (χ4v) is 2.65. The van der Waals surface area contributed by atoms with E-state index in [1.54, 1.807) is 63.6 Å². The molecule has 0 aliphatic carbocycles. The van der Waals surface area contributed by atoms with E-state index in [0.29, 0.717) is 28.8 Å². The van der Waals surface area contributed by atoms with E-state index < -0.39 is 0 Å². The number of nitrogens with zero attached hydrogens (tertiary/aromatic N) is 1. The van der Waals surface area contributed by atoms with Crippen molar-refractivity contribution in [3.05, 3.63) is 58.6 Å². The van der Waals surface area contributed by atoms with Gasteiger partial charge in [-0.1, -0.05) is 17.7 Å². The standard InChI is InChI=1S/C20H22ClNO4/c1-22(13-15-12-16(21)7-9-17(15)24-2)20(23)10-6-14-5-8-18(25-3)19(11-14)26-4/h5-12H,13H2,1-4H3/b10-6+. The number of benzene rings is 2. The number of likely N-dealkylation sites (N-methyl/N-ethyl adjacent to an activating group) is 1. The van der Waals surface area contributed by atoms with Crippen LogP contribution in [-0.2, 0) is 11.3 Å². The Hall–Kier alpha value is -2.66. The van der Waals surface area contributed by atoms with Crippen LogP contribution in [0.5, 0.6) is 17.2 Å². The fourth-order valence-electron chi connectivity index (χ4n) is 2.46. The Bertz CT molecular complexity index is 804. The number of carbonyl (C=O) groups is 1. The molecule has 0 N–H and O–H groups in total. The smallest absolute Gasteiger partial charge is 0.246 e. The number of methoxy groups -OCH3 is 3. The van der Waals surface area contributed by atoms with Gasteiger partial charge in [-0.25, -0.2) is 0 Å². The normalized spacial score (nSPS) is 10.7. The molecule has 0 fully saturated rings. The van der Waals surface area contributed by atoms with Crippen LogP contribution in [0.3, 0.4) is 0 Å². The Morgan fingerprint density at radius 3 is 2.31 bits per heavy atom. The van der Waals surface area contributed by atoms with Crippen LogP contribution in [0.2, 0.25) is 5.02 Å². The number of halogens is 1. The third kappa shape index (κ3) is 4.92. The Morgan fingerprint density at radius 2 is 1.65 bits per heavy atom. The van der Waals surface area contributed by atoms with Gasteiger partial charge >= 0.3 is 0 Å². The van der Waals surface area contributed by atoms with Crippen molar-refractivity contribution in [2.24, 2.45) is 0 Å². The van der Waals surface area contributed by atoms with E-state index >= 15 is 0 Å². The molecule has 0 spiro atoms. The number of ether oxygens (including phenoxy) is 3. The molecule has 0 aliphatic heterocycles. The van der Waals surface area contributed by atoms with Crippen molar-refractivity contribution < 1.29 is 19.0 Å². The predicted molar refractivity (Wildman–Crippen MR) is 103 cm³/mol. The highest BCUT2D eigenvalue weighted by Crippen LogP contribution is 2.28. The minimum Gasteiger partial charge on any atom is -0.496 e. The van der Waals surface area contributed by atoms with Gasteiger partial charge in [-0.3, -0.25) is 4.79 Å². The Labute approximate surface area is 158 Å². The number of carbonyl (C=O) groups excluding carboxylic acids is 1. The molecule has 26 heavy (non-hydrogen) atoms. The summed E-state index contributed by atoms with van der Waals surface area (Å²) >= 11 is 6.04. The minimum absolute atomic E-state index is 0.137. The van der Waals surface area contributed by atoms with Gasteiger partial charge in [0.05, 0.1) is 21.3 Å². The van der Waals surface area contributed by atoms with Gasteiger partial charge in [-0.2, -0.15) is 0 Å². The van der Waals surface area contributed by atoms with Crippen LogP contribution < -0.4 is 14.2 Å². The lowest BCUT2D eigenvalue weighted by atomic mass is 10.1. The zero-order valence-electron chi connectivity index (χ0n) is 15.3. The lowest BCUT2D eigenvalue weighted by Crippen LogP contribution is -2.24. The van der Waals surface area contributed by atoms with Crippen molar-refractivity contribution in [2.75, 3.05) is 28.4 Å². The van der Waals surface area contributed by atoms with Gasteiger partial charge in [0.2, 0.25) is 5.91 Å². The zero-order valence-corrected chi connectivity index (χ0v) is 16.0. The molecule has 6 heteroatoms. The summed E-state index contributed by atoms with van der Waals surface area (Å²) in [6.45, 7) is 0.388. The molecule has 0 atom stereocenters. The molecule has 2 aromatic rings. The summed E-state index contributed by atoms with van der Waals surface area (Å²) in [6.07, 6.45) is 3.24. The number of amides is 1. The zero-order chi connectivity index (χ0) is 19.1. The Balaban J connectivity index is 2.09. The second-order valence-corrected chi connectivity index (χ2v) is 6.03. The quantitative estimate of drug-likeness (QED) is 0.685. The highest BCUT2D eigenvalue weighted by Gasteiger charge is 2.11. The van der Waals surface area contributed by atoms with Crippen molar-refractivity contribution in [1.29, 1.82) is 0 Å². The monoisotopic (exact) mass is 375 g/mol. The number of hydrogen-bond acceptors (Lipinski definition) is 4. The third-order valence-corrected chi connectivity index (χ3v) is 4.09. The van der Waals surface area contributed by atoms with E-state index in [-0.39, 0.29) is 5.91 Å². The summed E-state index contributed by atoms with van der Waals surface area (Å²) in [4.78, 5) is 14.0. The fraction of sp³-hybridized carbons (Fsp3) is 0.250. The molecule has 0 heterocycles. The predicted octanol–water partition coefficient (Wildman–Crippen LogP) is 4.04. The van der Waals surface area contributed by atoms with E-state index in [9.17, 15) is 4.79 Å². The molecule has 138 valence electrons. The minimum atomic E-state index is -0.137. The van der Waals surface area contributed by atoms with Gasteiger partial charge < -0.3 is 19.1 Å². The summed E-state index contributed by atoms with van der Waals surface area (Å²) in [7, 11) is 6.46. The average molecular weight is 376 g/mol. The van der Waals surface area contributed by atoms with Crippen LogP contribution in [0.4, 0.5) is 0 Å². The van der Waals surface area contributed by atoms with E-state index in [0.717, 1.165) is 11.1 Å². The first kappa shape index (κ1) is 19.7. The van der Waals surface area contributed by atoms with Crippen molar-refractivity contribution in [2.45, 2.75) is 6.54 Å². The van der Waals surface area contributed by atoms with Gasteiger partial charge in [0.25, 0.3) is 0 Å². The molecule has 0 aliphatic rings. The molecule has 0 aromatic heterocycles. The summed E-state index contributed by atoms with van der Waals surface area (Å²) in [6, 6.07) is 10.8. The second kappa shape index (κ2) is 9.15. The van der Waals surface area contributed by atoms with Crippen LogP contribution in [0.1, 0.15) is 11.1 Å². The highest BCUT2D eigenvalue weighted by atomic mass is 35.5. The summed E-state index contributed by atoms with van der Waals surface area (Å²) in [5.41, 5.74) is 1.68. The molecular formula is C20H22ClNO4. The first-order valence-electron chi connectivity index (χ1n) is 7.96. The van der Waals surface area contributed by atoms with E-state index in [1.165, 1.54) is 6.08 Å². The van der Waals surface area contributed by atoms with Crippen LogP contribution in [0.25, 0.3) is 6.08 Å². The molecule has 0 saturated carbocycles. The van der Waals surface area contributed by atoms with Crippen LogP contribution in [-0.4, -0.2) is 39.2 Å². The van der Waals surface area contributed by atoms with Crippen molar-refractivity contribution in [1.82, 2.24) is 4.90 Å². The van der Waals surface area contributed by atoms with Crippen LogP contribution in [0, 0.1) is 0 Å². The SMILES string of the molecule is COc1ccc(Cl)cc1CN(C)C(=O)/C=C/c1ccc(OC)c(OC)c1.